The second-order valence-corrected chi connectivity index (χ2v) is 6.25. The fourth-order valence-electron chi connectivity index (χ4n) is 1.88. The van der Waals surface area contributed by atoms with Gasteiger partial charge in [0.2, 0.25) is 5.91 Å². The van der Waals surface area contributed by atoms with Gasteiger partial charge in [0.05, 0.1) is 6.61 Å². The van der Waals surface area contributed by atoms with Crippen LogP contribution in [0.4, 0.5) is 4.79 Å². The van der Waals surface area contributed by atoms with E-state index in [2.05, 4.69) is 16.0 Å². The molecule has 3 amide bonds. The van der Waals surface area contributed by atoms with Gasteiger partial charge in [-0.3, -0.25) is 4.79 Å². The Morgan fingerprint density at radius 2 is 1.90 bits per heavy atom. The third-order valence-electron chi connectivity index (χ3n) is 3.02. The van der Waals surface area contributed by atoms with Gasteiger partial charge in [-0.15, -0.1) is 0 Å². The molecule has 1 aliphatic rings. The maximum atomic E-state index is 11.9. The van der Waals surface area contributed by atoms with Crippen LogP contribution in [0.2, 0.25) is 0 Å². The number of rotatable bonds is 4. The predicted octanol–water partition coefficient (Wildman–Crippen LogP) is -0.167. The van der Waals surface area contributed by atoms with Crippen molar-refractivity contribution in [2.24, 2.45) is 0 Å². The third kappa shape index (κ3) is 4.89. The molecule has 8 nitrogen and oxygen atoms in total. The molecule has 0 saturated carbocycles. The molecular formula is C13H23N3O5. The fourth-order valence-corrected chi connectivity index (χ4v) is 1.88. The quantitative estimate of drug-likeness (QED) is 0.575. The zero-order valence-corrected chi connectivity index (χ0v) is 12.8. The topological polar surface area (TPSA) is 117 Å². The molecule has 8 heteroatoms. The Bertz CT molecular complexity index is 424. The Morgan fingerprint density at radius 3 is 2.33 bits per heavy atom. The smallest absolute Gasteiger partial charge is 0.332 e. The van der Waals surface area contributed by atoms with Gasteiger partial charge in [-0.05, 0) is 27.7 Å². The lowest BCUT2D eigenvalue weighted by molar-refractivity contribution is -0.144. The number of amides is 3. The largest absolute Gasteiger partial charge is 0.479 e. The molecule has 1 saturated heterocycles. The van der Waals surface area contributed by atoms with Crippen molar-refractivity contribution < 1.29 is 24.2 Å². The number of ether oxygens (including phenoxy) is 1. The van der Waals surface area contributed by atoms with E-state index in [4.69, 9.17) is 4.74 Å². The zero-order chi connectivity index (χ0) is 16.3. The molecule has 2 unspecified atom stereocenters. The highest BCUT2D eigenvalue weighted by atomic mass is 16.5. The minimum absolute atomic E-state index is 0.0850. The Kier molecular flexibility index (Phi) is 5.16. The summed E-state index contributed by atoms with van der Waals surface area (Å²) in [5, 5.41) is 16.7. The van der Waals surface area contributed by atoms with Gasteiger partial charge in [0.1, 0.15) is 6.04 Å². The first-order chi connectivity index (χ1) is 9.56. The number of urea groups is 1. The number of carboxylic acid groups (broad SMARTS) is 1. The van der Waals surface area contributed by atoms with Crippen LogP contribution >= 0.6 is 0 Å². The van der Waals surface area contributed by atoms with E-state index in [1.807, 2.05) is 20.8 Å². The minimum atomic E-state index is -1.43. The van der Waals surface area contributed by atoms with Crippen LogP contribution in [0.25, 0.3) is 0 Å². The first-order valence-corrected chi connectivity index (χ1v) is 6.78. The molecule has 120 valence electrons. The molecule has 4 N–H and O–H groups in total. The van der Waals surface area contributed by atoms with Crippen LogP contribution in [0.1, 0.15) is 34.1 Å². The number of nitrogens with one attached hydrogen (secondary N) is 3. The van der Waals surface area contributed by atoms with Crippen molar-refractivity contribution in [3.8, 4) is 0 Å². The molecule has 0 bridgehead atoms. The molecular weight excluding hydrogens is 278 g/mol. The number of carbonyl (C=O) groups excluding carboxylic acids is 2. The number of aliphatic carboxylic acids is 1. The van der Waals surface area contributed by atoms with E-state index >= 15 is 0 Å². The molecule has 0 aliphatic carbocycles. The molecule has 1 aliphatic heterocycles. The lowest BCUT2D eigenvalue weighted by atomic mass is 9.99. The number of carbonyl (C=O) groups is 3. The van der Waals surface area contributed by atoms with Gasteiger partial charge in [-0.1, -0.05) is 0 Å². The van der Waals surface area contributed by atoms with Crippen molar-refractivity contribution in [2.75, 3.05) is 13.2 Å². The van der Waals surface area contributed by atoms with Crippen LogP contribution in [0.5, 0.6) is 0 Å². The average Bonchev–Trinajstić information content (AvgIpc) is 2.76. The monoisotopic (exact) mass is 301 g/mol. The van der Waals surface area contributed by atoms with E-state index < -0.39 is 29.1 Å². The summed E-state index contributed by atoms with van der Waals surface area (Å²) < 4.78 is 5.04. The lowest BCUT2D eigenvalue weighted by Crippen LogP contribution is -2.60. The zero-order valence-electron chi connectivity index (χ0n) is 12.8. The maximum absolute atomic E-state index is 11.9. The van der Waals surface area contributed by atoms with E-state index in [-0.39, 0.29) is 25.5 Å². The first kappa shape index (κ1) is 17.2. The van der Waals surface area contributed by atoms with Crippen LogP contribution < -0.4 is 16.0 Å². The summed E-state index contributed by atoms with van der Waals surface area (Å²) in [5.41, 5.74) is -1.84. The lowest BCUT2D eigenvalue weighted by Gasteiger charge is -2.26. The summed E-state index contributed by atoms with van der Waals surface area (Å²) in [6.45, 7) is 7.19. The normalized spacial score (nSPS) is 23.2. The highest BCUT2D eigenvalue weighted by Crippen LogP contribution is 2.18. The van der Waals surface area contributed by atoms with Gasteiger partial charge in [-0.25, -0.2) is 9.59 Å². The molecule has 0 radical (unpaired) electrons. The summed E-state index contributed by atoms with van der Waals surface area (Å²) >= 11 is 0. The molecule has 0 aromatic carbocycles. The second-order valence-electron chi connectivity index (χ2n) is 6.25. The van der Waals surface area contributed by atoms with Crippen molar-refractivity contribution in [2.45, 2.75) is 51.2 Å². The summed E-state index contributed by atoms with van der Waals surface area (Å²) in [6.07, 6.45) is 0.193. The summed E-state index contributed by atoms with van der Waals surface area (Å²) in [6, 6.07) is -1.49. The first-order valence-electron chi connectivity index (χ1n) is 6.78. The van der Waals surface area contributed by atoms with Crippen molar-refractivity contribution in [3.63, 3.8) is 0 Å². The molecule has 2 atom stereocenters. The number of carboxylic acids is 1. The Morgan fingerprint density at radius 1 is 1.29 bits per heavy atom. The van der Waals surface area contributed by atoms with Gasteiger partial charge in [0.15, 0.2) is 5.54 Å². The summed E-state index contributed by atoms with van der Waals surface area (Å²) in [7, 11) is 0. The van der Waals surface area contributed by atoms with Crippen LogP contribution in [0.15, 0.2) is 0 Å². The van der Waals surface area contributed by atoms with Gasteiger partial charge < -0.3 is 25.8 Å². The Hall–Kier alpha value is -1.83. The minimum Gasteiger partial charge on any atom is -0.479 e. The molecule has 0 aromatic heterocycles. The molecule has 1 rings (SSSR count). The molecule has 1 heterocycles. The fraction of sp³-hybridized carbons (Fsp3) is 0.769. The predicted molar refractivity (Wildman–Crippen MR) is 74.8 cm³/mol. The molecule has 21 heavy (non-hydrogen) atoms. The van der Waals surface area contributed by atoms with E-state index in [0.717, 1.165) is 0 Å². The SMILES string of the molecule is CC(NC(=O)NC1(C(=O)O)CCOC1)C(=O)NC(C)(C)C. The van der Waals surface area contributed by atoms with Crippen molar-refractivity contribution >= 4 is 17.9 Å². The van der Waals surface area contributed by atoms with E-state index in [9.17, 15) is 19.5 Å². The number of hydrogen-bond donors (Lipinski definition) is 4. The van der Waals surface area contributed by atoms with Gasteiger partial charge >= 0.3 is 12.0 Å². The highest BCUT2D eigenvalue weighted by molar-refractivity contribution is 5.90. The Labute approximate surface area is 123 Å². The van der Waals surface area contributed by atoms with Crippen LogP contribution in [0.3, 0.4) is 0 Å². The second kappa shape index (κ2) is 6.30. The van der Waals surface area contributed by atoms with Gasteiger partial charge in [-0.2, -0.15) is 0 Å². The van der Waals surface area contributed by atoms with Crippen LogP contribution in [-0.4, -0.2) is 53.3 Å². The molecule has 0 aromatic rings. The van der Waals surface area contributed by atoms with Gasteiger partial charge in [0, 0.05) is 18.6 Å². The van der Waals surface area contributed by atoms with Crippen molar-refractivity contribution in [1.82, 2.24) is 16.0 Å². The summed E-state index contributed by atoms with van der Waals surface area (Å²) in [4.78, 5) is 35.0. The Balaban J connectivity index is 2.57. The number of hydrogen-bond acceptors (Lipinski definition) is 4. The molecule has 0 spiro atoms. The van der Waals surface area contributed by atoms with E-state index in [0.29, 0.717) is 0 Å². The van der Waals surface area contributed by atoms with E-state index in [1.165, 1.54) is 6.92 Å². The van der Waals surface area contributed by atoms with Crippen molar-refractivity contribution in [1.29, 1.82) is 0 Å². The molecule has 1 fully saturated rings. The van der Waals surface area contributed by atoms with Gasteiger partial charge in [0.25, 0.3) is 0 Å². The highest BCUT2D eigenvalue weighted by Gasteiger charge is 2.44. The van der Waals surface area contributed by atoms with Crippen LogP contribution in [-0.2, 0) is 14.3 Å². The maximum Gasteiger partial charge on any atom is 0.332 e. The third-order valence-corrected chi connectivity index (χ3v) is 3.02. The van der Waals surface area contributed by atoms with Crippen molar-refractivity contribution in [3.05, 3.63) is 0 Å². The summed E-state index contributed by atoms with van der Waals surface area (Å²) in [5.74, 6) is -1.49. The average molecular weight is 301 g/mol. The van der Waals surface area contributed by atoms with E-state index in [1.54, 1.807) is 0 Å². The van der Waals surface area contributed by atoms with Crippen LogP contribution in [0, 0.1) is 0 Å². The standard InChI is InChI=1S/C13H23N3O5/c1-8(9(17)15-12(2,3)4)14-11(20)16-13(10(18)19)5-6-21-7-13/h8H,5-7H2,1-4H3,(H,15,17)(H,18,19)(H2,14,16,20).